The molecule has 0 aliphatic carbocycles. The number of fused-ring (bicyclic) bond motifs is 1. The summed E-state index contributed by atoms with van der Waals surface area (Å²) in [6, 6.07) is 9.23. The van der Waals surface area contributed by atoms with E-state index in [0.717, 1.165) is 35.3 Å². The summed E-state index contributed by atoms with van der Waals surface area (Å²) in [5.74, 6) is 0.583. The molecule has 6 nitrogen and oxygen atoms in total. The van der Waals surface area contributed by atoms with Crippen molar-refractivity contribution in [1.82, 2.24) is 19.9 Å². The molecule has 0 saturated heterocycles. The van der Waals surface area contributed by atoms with Crippen molar-refractivity contribution < 1.29 is 0 Å². The third kappa shape index (κ3) is 3.34. The van der Waals surface area contributed by atoms with Crippen molar-refractivity contribution in [3.05, 3.63) is 74.9 Å². The number of nitrogens with zero attached hydrogens (tertiary/aromatic N) is 3. The number of rotatable bonds is 3. The van der Waals surface area contributed by atoms with Gasteiger partial charge < -0.3 is 10.7 Å². The van der Waals surface area contributed by atoms with Gasteiger partial charge in [0.2, 0.25) is 0 Å². The van der Waals surface area contributed by atoms with Crippen molar-refractivity contribution in [3.63, 3.8) is 0 Å². The van der Waals surface area contributed by atoms with Crippen molar-refractivity contribution in [2.24, 2.45) is 0 Å². The predicted molar refractivity (Wildman–Crippen MR) is 102 cm³/mol. The average Bonchev–Trinajstić information content (AvgIpc) is 2.64. The molecule has 3 aromatic rings. The smallest absolute Gasteiger partial charge is 0.255 e. The van der Waals surface area contributed by atoms with E-state index in [9.17, 15) is 4.79 Å². The Morgan fingerprint density at radius 1 is 1.23 bits per heavy atom. The molecule has 0 atom stereocenters. The van der Waals surface area contributed by atoms with Crippen LogP contribution in [0.15, 0.2) is 47.5 Å². The maximum Gasteiger partial charge on any atom is 0.255 e. The van der Waals surface area contributed by atoms with E-state index in [4.69, 9.17) is 17.3 Å². The first kappa shape index (κ1) is 16.8. The van der Waals surface area contributed by atoms with Gasteiger partial charge in [0.25, 0.3) is 5.56 Å². The minimum Gasteiger partial charge on any atom is -0.399 e. The largest absolute Gasteiger partial charge is 0.399 e. The molecule has 0 radical (unpaired) electrons. The number of aromatic nitrogens is 3. The Morgan fingerprint density at radius 2 is 2.04 bits per heavy atom. The lowest BCUT2D eigenvalue weighted by Crippen LogP contribution is -2.35. The number of nitrogen functional groups attached to an aromatic ring is 1. The summed E-state index contributed by atoms with van der Waals surface area (Å²) in [7, 11) is 0. The summed E-state index contributed by atoms with van der Waals surface area (Å²) in [6.07, 6.45) is 4.10. The first-order valence-electron chi connectivity index (χ1n) is 8.39. The lowest BCUT2D eigenvalue weighted by atomic mass is 10.1. The second-order valence-electron chi connectivity index (χ2n) is 6.39. The number of hydrogen-bond donors (Lipinski definition) is 2. The fraction of sp³-hybridized carbons (Fsp3) is 0.211. The lowest BCUT2D eigenvalue weighted by Gasteiger charge is -2.28. The molecular weight excluding hydrogens is 350 g/mol. The number of anilines is 1. The van der Waals surface area contributed by atoms with Crippen molar-refractivity contribution in [2.75, 3.05) is 12.3 Å². The van der Waals surface area contributed by atoms with Crippen LogP contribution in [0.25, 0.3) is 11.4 Å². The van der Waals surface area contributed by atoms with Gasteiger partial charge in [-0.2, -0.15) is 0 Å². The topological polar surface area (TPSA) is 87.9 Å². The van der Waals surface area contributed by atoms with Crippen LogP contribution < -0.4 is 11.3 Å². The van der Waals surface area contributed by atoms with Crippen LogP contribution >= 0.6 is 11.6 Å². The Bertz CT molecular complexity index is 1000. The number of nitrogens with two attached hydrogens (primary N) is 1. The van der Waals surface area contributed by atoms with Gasteiger partial charge in [0.15, 0.2) is 0 Å². The van der Waals surface area contributed by atoms with E-state index < -0.39 is 0 Å². The van der Waals surface area contributed by atoms with Crippen molar-refractivity contribution in [2.45, 2.75) is 19.5 Å². The SMILES string of the molecule is Nc1ccc(-c2nc3c(c(=O)[nH]2)CN(Cc2ccncc2Cl)CC3)cc1. The van der Waals surface area contributed by atoms with E-state index in [1.165, 1.54) is 0 Å². The van der Waals surface area contributed by atoms with Crippen LogP contribution in [-0.2, 0) is 19.5 Å². The summed E-state index contributed by atoms with van der Waals surface area (Å²) in [5, 5.41) is 0.643. The zero-order valence-electron chi connectivity index (χ0n) is 14.1. The second kappa shape index (κ2) is 6.90. The molecule has 3 heterocycles. The molecule has 3 N–H and O–H groups in total. The minimum absolute atomic E-state index is 0.0904. The molecule has 7 heteroatoms. The Morgan fingerprint density at radius 3 is 2.81 bits per heavy atom. The Labute approximate surface area is 155 Å². The van der Waals surface area contributed by atoms with Gasteiger partial charge in [-0.25, -0.2) is 4.98 Å². The van der Waals surface area contributed by atoms with Crippen LogP contribution in [0.3, 0.4) is 0 Å². The van der Waals surface area contributed by atoms with E-state index in [2.05, 4.69) is 19.9 Å². The fourth-order valence-electron chi connectivity index (χ4n) is 3.17. The molecule has 1 aliphatic heterocycles. The first-order chi connectivity index (χ1) is 12.6. The number of aromatic amines is 1. The zero-order chi connectivity index (χ0) is 18.1. The molecule has 0 spiro atoms. The van der Waals surface area contributed by atoms with Crippen molar-refractivity contribution in [1.29, 1.82) is 0 Å². The fourth-order valence-corrected chi connectivity index (χ4v) is 3.35. The normalized spacial score (nSPS) is 14.2. The third-order valence-corrected chi connectivity index (χ3v) is 4.92. The Balaban J connectivity index is 1.59. The number of nitrogens with one attached hydrogen (secondary N) is 1. The van der Waals surface area contributed by atoms with Crippen LogP contribution in [0.1, 0.15) is 16.8 Å². The first-order valence-corrected chi connectivity index (χ1v) is 8.76. The van der Waals surface area contributed by atoms with Crippen LogP contribution in [-0.4, -0.2) is 26.4 Å². The van der Waals surface area contributed by atoms with Gasteiger partial charge in [-0.15, -0.1) is 0 Å². The molecular formula is C19H18ClN5O. The highest BCUT2D eigenvalue weighted by molar-refractivity contribution is 6.31. The molecule has 0 unspecified atom stereocenters. The summed E-state index contributed by atoms with van der Waals surface area (Å²) in [6.45, 7) is 2.06. The quantitative estimate of drug-likeness (QED) is 0.695. The molecule has 0 saturated carbocycles. The van der Waals surface area contributed by atoms with Gasteiger partial charge >= 0.3 is 0 Å². The van der Waals surface area contributed by atoms with Crippen LogP contribution in [0.4, 0.5) is 5.69 Å². The molecule has 2 aromatic heterocycles. The number of pyridine rings is 1. The molecule has 0 amide bonds. The maximum atomic E-state index is 12.6. The van der Waals surface area contributed by atoms with Gasteiger partial charge in [-0.05, 0) is 35.9 Å². The Kier molecular flexibility index (Phi) is 4.44. The summed E-state index contributed by atoms with van der Waals surface area (Å²) < 4.78 is 0. The lowest BCUT2D eigenvalue weighted by molar-refractivity contribution is 0.242. The van der Waals surface area contributed by atoms with Gasteiger partial charge in [0.1, 0.15) is 5.82 Å². The molecule has 26 heavy (non-hydrogen) atoms. The van der Waals surface area contributed by atoms with E-state index in [1.807, 2.05) is 18.2 Å². The summed E-state index contributed by atoms with van der Waals surface area (Å²) >= 11 is 6.20. The Hall–Kier alpha value is -2.70. The molecule has 0 bridgehead atoms. The van der Waals surface area contributed by atoms with Gasteiger partial charge in [-0.1, -0.05) is 11.6 Å². The zero-order valence-corrected chi connectivity index (χ0v) is 14.8. The minimum atomic E-state index is -0.0904. The molecule has 1 aromatic carbocycles. The summed E-state index contributed by atoms with van der Waals surface area (Å²) in [5.41, 5.74) is 9.75. The highest BCUT2D eigenvalue weighted by Gasteiger charge is 2.22. The van der Waals surface area contributed by atoms with E-state index in [0.29, 0.717) is 29.6 Å². The molecule has 1 aliphatic rings. The third-order valence-electron chi connectivity index (χ3n) is 4.58. The van der Waals surface area contributed by atoms with Crippen LogP contribution in [0, 0.1) is 0 Å². The van der Waals surface area contributed by atoms with E-state index >= 15 is 0 Å². The van der Waals surface area contributed by atoms with Crippen molar-refractivity contribution >= 4 is 17.3 Å². The highest BCUT2D eigenvalue weighted by Crippen LogP contribution is 2.22. The van der Waals surface area contributed by atoms with Crippen molar-refractivity contribution in [3.8, 4) is 11.4 Å². The van der Waals surface area contributed by atoms with Gasteiger partial charge in [0.05, 0.1) is 16.3 Å². The predicted octanol–water partition coefficient (Wildman–Crippen LogP) is 2.63. The monoisotopic (exact) mass is 367 g/mol. The standard InChI is InChI=1S/C19H18ClN5O/c20-16-9-22-7-5-13(16)10-25-8-6-17-15(11-25)19(26)24-18(23-17)12-1-3-14(21)4-2-12/h1-5,7,9H,6,8,10-11,21H2,(H,23,24,26). The van der Waals surface area contributed by atoms with Crippen LogP contribution in [0.2, 0.25) is 5.02 Å². The van der Waals surface area contributed by atoms with E-state index in [1.54, 1.807) is 24.5 Å². The molecule has 0 fully saturated rings. The maximum absolute atomic E-state index is 12.6. The van der Waals surface area contributed by atoms with Gasteiger partial charge in [0, 0.05) is 49.7 Å². The number of halogens is 1. The summed E-state index contributed by atoms with van der Waals surface area (Å²) in [4.78, 5) is 26.4. The highest BCUT2D eigenvalue weighted by atomic mass is 35.5. The van der Waals surface area contributed by atoms with E-state index in [-0.39, 0.29) is 5.56 Å². The van der Waals surface area contributed by atoms with Crippen LogP contribution in [0.5, 0.6) is 0 Å². The van der Waals surface area contributed by atoms with Gasteiger partial charge in [-0.3, -0.25) is 14.7 Å². The molecule has 132 valence electrons. The number of benzene rings is 1. The number of hydrogen-bond acceptors (Lipinski definition) is 5. The second-order valence-corrected chi connectivity index (χ2v) is 6.80. The average molecular weight is 368 g/mol. The molecule has 4 rings (SSSR count). The number of H-pyrrole nitrogens is 1.